The highest BCUT2D eigenvalue weighted by Gasteiger charge is 2.42. The molecule has 1 unspecified atom stereocenters. The van der Waals surface area contributed by atoms with Crippen LogP contribution in [0.4, 0.5) is 5.69 Å². The van der Waals surface area contributed by atoms with Crippen molar-refractivity contribution in [3.05, 3.63) is 51.3 Å². The monoisotopic (exact) mass is 419 g/mol. The van der Waals surface area contributed by atoms with Gasteiger partial charge in [0.25, 0.3) is 0 Å². The maximum absolute atomic E-state index is 12.8. The fraction of sp³-hybridized carbons (Fsp3) is 0.333. The van der Waals surface area contributed by atoms with E-state index in [1.54, 1.807) is 13.1 Å². The lowest BCUT2D eigenvalue weighted by Crippen LogP contribution is -2.51. The van der Waals surface area contributed by atoms with Crippen LogP contribution in [0.2, 0.25) is 0 Å². The maximum Gasteiger partial charge on any atom is 0.306 e. The van der Waals surface area contributed by atoms with E-state index in [2.05, 4.69) is 22.6 Å². The Hall–Kier alpha value is -0.700. The van der Waals surface area contributed by atoms with E-state index in [0.29, 0.717) is 13.1 Å². The van der Waals surface area contributed by atoms with Crippen LogP contribution in [0.5, 0.6) is 0 Å². The topological polar surface area (TPSA) is 60.2 Å². The fourth-order valence-corrected chi connectivity index (χ4v) is 4.43. The van der Waals surface area contributed by atoms with Crippen LogP contribution in [0.15, 0.2) is 42.1 Å². The van der Waals surface area contributed by atoms with E-state index in [-0.39, 0.29) is 9.64 Å². The standard InChI is InChI=1S/C15H20IN2O2S/c1-3-21(19,20)18(8-4-5-13(10-17)11-18)14-7-6-12(2)15(16)9-14/h4-7,9,11H,3,8,10,17H2,1-2H3/q+1. The maximum atomic E-state index is 12.8. The summed E-state index contributed by atoms with van der Waals surface area (Å²) in [6.07, 6.45) is 5.57. The third kappa shape index (κ3) is 2.94. The normalized spacial score (nSPS) is 22.2. The Morgan fingerprint density at radius 1 is 1.38 bits per heavy atom. The van der Waals surface area contributed by atoms with Crippen molar-refractivity contribution in [2.45, 2.75) is 13.8 Å². The van der Waals surface area contributed by atoms with Crippen LogP contribution in [-0.4, -0.2) is 27.3 Å². The second-order valence-corrected chi connectivity index (χ2v) is 8.65. The van der Waals surface area contributed by atoms with E-state index in [0.717, 1.165) is 20.4 Å². The summed E-state index contributed by atoms with van der Waals surface area (Å²) in [6.45, 7) is 4.43. The Morgan fingerprint density at radius 3 is 2.67 bits per heavy atom. The summed E-state index contributed by atoms with van der Waals surface area (Å²) in [6, 6.07) is 5.82. The van der Waals surface area contributed by atoms with Crippen LogP contribution >= 0.6 is 22.6 Å². The minimum Gasteiger partial charge on any atom is -0.326 e. The zero-order valence-electron chi connectivity index (χ0n) is 12.2. The Balaban J connectivity index is 2.71. The van der Waals surface area contributed by atoms with Crippen LogP contribution < -0.4 is 9.62 Å². The van der Waals surface area contributed by atoms with E-state index in [1.807, 2.05) is 37.3 Å². The van der Waals surface area contributed by atoms with E-state index >= 15 is 0 Å². The highest BCUT2D eigenvalue weighted by molar-refractivity contribution is 14.1. The molecule has 0 fully saturated rings. The van der Waals surface area contributed by atoms with Crippen molar-refractivity contribution >= 4 is 38.3 Å². The largest absolute Gasteiger partial charge is 0.326 e. The fourth-order valence-electron chi connectivity index (χ4n) is 2.43. The van der Waals surface area contributed by atoms with Crippen molar-refractivity contribution in [1.29, 1.82) is 0 Å². The number of benzene rings is 1. The summed E-state index contributed by atoms with van der Waals surface area (Å²) in [5.41, 5.74) is 8.46. The van der Waals surface area contributed by atoms with Crippen molar-refractivity contribution in [1.82, 2.24) is 3.89 Å². The van der Waals surface area contributed by atoms with E-state index < -0.39 is 10.0 Å². The predicted octanol–water partition coefficient (Wildman–Crippen LogP) is 2.67. The molecule has 0 aromatic heterocycles. The number of nitrogens with zero attached hydrogens (tertiary/aromatic N) is 1. The van der Waals surface area contributed by atoms with Gasteiger partial charge in [-0.2, -0.15) is 12.3 Å². The average Bonchev–Trinajstić information content (AvgIpc) is 2.49. The highest BCUT2D eigenvalue weighted by atomic mass is 127. The molecule has 114 valence electrons. The zero-order valence-corrected chi connectivity index (χ0v) is 15.2. The van der Waals surface area contributed by atoms with Gasteiger partial charge < -0.3 is 5.73 Å². The molecule has 0 radical (unpaired) electrons. The Labute approximate surface area is 140 Å². The summed E-state index contributed by atoms with van der Waals surface area (Å²) < 4.78 is 26.5. The van der Waals surface area contributed by atoms with Gasteiger partial charge in [-0.25, -0.2) is 0 Å². The van der Waals surface area contributed by atoms with Crippen LogP contribution in [0.25, 0.3) is 0 Å². The van der Waals surface area contributed by atoms with Crippen LogP contribution in [0.3, 0.4) is 0 Å². The number of sulfonamides is 1. The van der Waals surface area contributed by atoms with Crippen molar-refractivity contribution in [3.8, 4) is 0 Å². The minimum absolute atomic E-state index is 0.0830. The minimum atomic E-state index is -3.36. The second kappa shape index (κ2) is 6.20. The van der Waals surface area contributed by atoms with E-state index in [9.17, 15) is 8.42 Å². The van der Waals surface area contributed by atoms with Gasteiger partial charge in [0.15, 0.2) is 5.69 Å². The van der Waals surface area contributed by atoms with Gasteiger partial charge in [0.05, 0.1) is 5.75 Å². The molecule has 1 aromatic rings. The van der Waals surface area contributed by atoms with Crippen LogP contribution in [0.1, 0.15) is 12.5 Å². The Morgan fingerprint density at radius 2 is 2.10 bits per heavy atom. The first-order valence-electron chi connectivity index (χ1n) is 6.82. The molecular weight excluding hydrogens is 399 g/mol. The molecule has 0 bridgehead atoms. The first kappa shape index (κ1) is 16.7. The number of halogens is 1. The lowest BCUT2D eigenvalue weighted by molar-refractivity contribution is 0.511. The van der Waals surface area contributed by atoms with Crippen molar-refractivity contribution in [2.75, 3.05) is 18.8 Å². The molecule has 0 spiro atoms. The van der Waals surface area contributed by atoms with E-state index in [4.69, 9.17) is 5.73 Å². The molecule has 0 saturated carbocycles. The lowest BCUT2D eigenvalue weighted by atomic mass is 10.1. The van der Waals surface area contributed by atoms with Gasteiger partial charge in [0, 0.05) is 27.8 Å². The van der Waals surface area contributed by atoms with Crippen LogP contribution in [0, 0.1) is 10.5 Å². The molecule has 21 heavy (non-hydrogen) atoms. The third-order valence-electron chi connectivity index (χ3n) is 3.77. The molecule has 1 aliphatic heterocycles. The molecule has 6 heteroatoms. The average molecular weight is 419 g/mol. The molecule has 0 saturated heterocycles. The number of aryl methyl sites for hydroxylation is 1. The van der Waals surface area contributed by atoms with Crippen molar-refractivity contribution in [3.63, 3.8) is 0 Å². The van der Waals surface area contributed by atoms with Gasteiger partial charge in [-0.1, -0.05) is 12.1 Å². The van der Waals surface area contributed by atoms with Gasteiger partial charge in [0.1, 0.15) is 12.7 Å². The summed E-state index contributed by atoms with van der Waals surface area (Å²) in [7, 11) is -3.36. The summed E-state index contributed by atoms with van der Waals surface area (Å²) in [5, 5.41) is 0. The molecule has 0 amide bonds. The van der Waals surface area contributed by atoms with Crippen molar-refractivity contribution < 1.29 is 8.42 Å². The smallest absolute Gasteiger partial charge is 0.306 e. The summed E-state index contributed by atoms with van der Waals surface area (Å²) >= 11 is 2.24. The summed E-state index contributed by atoms with van der Waals surface area (Å²) in [5.74, 6) is 0.0830. The number of quaternary nitrogens is 1. The van der Waals surface area contributed by atoms with Crippen LogP contribution in [-0.2, 0) is 10.0 Å². The predicted molar refractivity (Wildman–Crippen MR) is 96.3 cm³/mol. The SMILES string of the molecule is CCS(=O)(=O)[N+]1(c2ccc(C)c(I)c2)C=C(CN)C=CC1. The van der Waals surface area contributed by atoms with E-state index in [1.165, 1.54) is 0 Å². The number of hydrogen-bond acceptors (Lipinski definition) is 3. The highest BCUT2D eigenvalue weighted by Crippen LogP contribution is 2.34. The number of nitrogens with two attached hydrogens (primary N) is 1. The van der Waals surface area contributed by atoms with Gasteiger partial charge in [-0.3, -0.25) is 0 Å². The quantitative estimate of drug-likeness (QED) is 0.603. The summed E-state index contributed by atoms with van der Waals surface area (Å²) in [4.78, 5) is 0. The van der Waals surface area contributed by atoms with Gasteiger partial charge >= 0.3 is 10.0 Å². The Bertz CT molecular complexity index is 710. The van der Waals surface area contributed by atoms with Gasteiger partial charge in [-0.05, 0) is 48.1 Å². The Kier molecular flexibility index (Phi) is 4.92. The molecule has 0 aliphatic carbocycles. The lowest BCUT2D eigenvalue weighted by Gasteiger charge is -2.34. The number of rotatable bonds is 4. The second-order valence-electron chi connectivity index (χ2n) is 5.09. The molecule has 4 nitrogen and oxygen atoms in total. The molecule has 1 aliphatic rings. The zero-order chi connectivity index (χ0) is 15.7. The molecular formula is C15H20IN2O2S+. The molecule has 1 aromatic carbocycles. The number of hydrogen-bond donors (Lipinski definition) is 1. The van der Waals surface area contributed by atoms with Gasteiger partial charge in [-0.15, -0.1) is 0 Å². The molecule has 2 N–H and O–H groups in total. The molecule has 1 heterocycles. The molecule has 1 atom stereocenters. The van der Waals surface area contributed by atoms with Crippen molar-refractivity contribution in [2.24, 2.45) is 5.73 Å². The van der Waals surface area contributed by atoms with Gasteiger partial charge in [0.2, 0.25) is 0 Å². The first-order chi connectivity index (χ1) is 9.86. The first-order valence-corrected chi connectivity index (χ1v) is 9.51. The third-order valence-corrected chi connectivity index (χ3v) is 7.12. The molecule has 2 rings (SSSR count).